The van der Waals surface area contributed by atoms with Crippen LogP contribution in [0.2, 0.25) is 0 Å². The number of carbonyl (C=O) groups is 1. The van der Waals surface area contributed by atoms with Crippen LogP contribution in [0.25, 0.3) is 11.1 Å². The molecular weight excluding hydrogens is 422 g/mol. The highest BCUT2D eigenvalue weighted by Crippen LogP contribution is 2.62. The summed E-state index contributed by atoms with van der Waals surface area (Å²) in [7, 11) is 1.84. The van der Waals surface area contributed by atoms with Gasteiger partial charge in [0, 0.05) is 30.0 Å². The van der Waals surface area contributed by atoms with Crippen LogP contribution in [0.5, 0.6) is 0 Å². The number of ether oxygens (including phenoxy) is 1. The fraction of sp³-hybridized carbons (Fsp3) is 0.480. The molecule has 1 saturated heterocycles. The summed E-state index contributed by atoms with van der Waals surface area (Å²) in [5, 5.41) is 3.33. The van der Waals surface area contributed by atoms with Gasteiger partial charge in [-0.15, -0.1) is 0 Å². The van der Waals surface area contributed by atoms with Crippen molar-refractivity contribution < 1.29 is 27.1 Å². The van der Waals surface area contributed by atoms with Crippen LogP contribution in [-0.4, -0.2) is 31.6 Å². The second-order valence-electron chi connectivity index (χ2n) is 9.44. The summed E-state index contributed by atoms with van der Waals surface area (Å²) in [5.74, 6) is -3.59. The van der Waals surface area contributed by atoms with Crippen LogP contribution in [0.15, 0.2) is 30.3 Å². The van der Waals surface area contributed by atoms with Crippen molar-refractivity contribution in [2.24, 2.45) is 17.3 Å². The number of benzene rings is 2. The molecule has 1 spiro atoms. The van der Waals surface area contributed by atoms with E-state index in [9.17, 15) is 18.0 Å². The van der Waals surface area contributed by atoms with E-state index < -0.39 is 29.4 Å². The van der Waals surface area contributed by atoms with Crippen molar-refractivity contribution in [3.8, 4) is 11.1 Å². The summed E-state index contributed by atoms with van der Waals surface area (Å²) in [6.45, 7) is 0.570. The first-order valence-electron chi connectivity index (χ1n) is 11.1. The first-order valence-corrected chi connectivity index (χ1v) is 11.1. The molecule has 0 amide bonds. The first-order chi connectivity index (χ1) is 15.3. The van der Waals surface area contributed by atoms with Gasteiger partial charge in [-0.3, -0.25) is 4.79 Å². The summed E-state index contributed by atoms with van der Waals surface area (Å²) in [4.78, 5) is 13.1. The van der Waals surface area contributed by atoms with Crippen molar-refractivity contribution in [3.63, 3.8) is 0 Å². The monoisotopic (exact) mass is 447 g/mol. The maximum Gasteiger partial charge on any atom is 0.165 e. The summed E-state index contributed by atoms with van der Waals surface area (Å²) >= 11 is 0. The highest BCUT2D eigenvalue weighted by atomic mass is 19.1. The second kappa shape index (κ2) is 7.96. The average molecular weight is 447 g/mol. The quantitative estimate of drug-likeness (QED) is 0.646. The Kier molecular flexibility index (Phi) is 5.37. The lowest BCUT2D eigenvalue weighted by Crippen LogP contribution is -2.43. The van der Waals surface area contributed by atoms with Crippen LogP contribution in [-0.2, 0) is 16.0 Å². The minimum Gasteiger partial charge on any atom is -0.370 e. The van der Waals surface area contributed by atoms with Crippen molar-refractivity contribution in [3.05, 3.63) is 59.2 Å². The average Bonchev–Trinajstić information content (AvgIpc) is 3.39. The third-order valence-electron chi connectivity index (χ3n) is 7.56. The molecule has 0 aromatic heterocycles. The molecule has 0 radical (unpaired) electrons. The van der Waals surface area contributed by atoms with Crippen LogP contribution in [0.3, 0.4) is 0 Å². The summed E-state index contributed by atoms with van der Waals surface area (Å²) < 4.78 is 62.9. The Bertz CT molecular complexity index is 1040. The zero-order valence-electron chi connectivity index (χ0n) is 17.8. The molecule has 2 saturated carbocycles. The number of hydrogen-bond donors (Lipinski definition) is 1. The standard InChI is InChI=1S/C25H25F4NO2/c1-30-24-19(20(12-25(24)3-4-25)23(31)21-2-5-32-21)9-14-8-17(28)11-18(22(14)29)13-6-15(26)10-16(27)7-13/h6-8,10-11,19-21,24,30H,2-5,9,12H2,1H3/t19-,20?,21-,24-/m1/s1. The van der Waals surface area contributed by atoms with Gasteiger partial charge < -0.3 is 10.1 Å². The summed E-state index contributed by atoms with van der Waals surface area (Å²) in [5.41, 5.74) is -0.128. The largest absolute Gasteiger partial charge is 0.370 e. The van der Waals surface area contributed by atoms with Crippen LogP contribution >= 0.6 is 0 Å². The van der Waals surface area contributed by atoms with Crippen molar-refractivity contribution in [1.82, 2.24) is 5.32 Å². The molecule has 0 bridgehead atoms. The molecule has 32 heavy (non-hydrogen) atoms. The van der Waals surface area contributed by atoms with E-state index in [0.29, 0.717) is 19.1 Å². The molecule has 3 fully saturated rings. The highest BCUT2D eigenvalue weighted by Gasteiger charge is 2.61. The molecule has 1 unspecified atom stereocenters. The number of ketones is 1. The lowest BCUT2D eigenvalue weighted by Gasteiger charge is -2.31. The van der Waals surface area contributed by atoms with Gasteiger partial charge >= 0.3 is 0 Å². The first kappa shape index (κ1) is 21.6. The van der Waals surface area contributed by atoms with E-state index in [2.05, 4.69) is 5.32 Å². The number of carbonyl (C=O) groups excluding carboxylic acids is 1. The molecule has 4 atom stereocenters. The lowest BCUT2D eigenvalue weighted by molar-refractivity contribution is -0.148. The minimum atomic E-state index is -0.863. The maximum absolute atomic E-state index is 15.5. The predicted molar refractivity (Wildman–Crippen MR) is 111 cm³/mol. The summed E-state index contributed by atoms with van der Waals surface area (Å²) in [6, 6.07) is 4.73. The van der Waals surface area contributed by atoms with Crippen LogP contribution in [0.1, 0.15) is 31.2 Å². The van der Waals surface area contributed by atoms with Gasteiger partial charge in [-0.1, -0.05) is 0 Å². The molecule has 7 heteroatoms. The number of halogens is 4. The Morgan fingerprint density at radius 2 is 1.72 bits per heavy atom. The van der Waals surface area contributed by atoms with E-state index in [4.69, 9.17) is 4.74 Å². The molecule has 170 valence electrons. The summed E-state index contributed by atoms with van der Waals surface area (Å²) in [6.07, 6.45) is 3.18. The molecule has 2 aromatic rings. The third-order valence-corrected chi connectivity index (χ3v) is 7.56. The van der Waals surface area contributed by atoms with Crippen molar-refractivity contribution >= 4 is 5.78 Å². The van der Waals surface area contributed by atoms with Gasteiger partial charge in [0.15, 0.2) is 5.78 Å². The molecule has 1 aliphatic heterocycles. The number of hydrogen-bond acceptors (Lipinski definition) is 3. The second-order valence-corrected chi connectivity index (χ2v) is 9.44. The number of nitrogens with one attached hydrogen (secondary N) is 1. The Balaban J connectivity index is 1.51. The molecule has 3 nitrogen and oxygen atoms in total. The molecule has 1 N–H and O–H groups in total. The minimum absolute atomic E-state index is 0.00857. The predicted octanol–water partition coefficient (Wildman–Crippen LogP) is 4.81. The topological polar surface area (TPSA) is 38.3 Å². The Morgan fingerprint density at radius 3 is 2.28 bits per heavy atom. The molecule has 2 aromatic carbocycles. The Labute approximate surface area is 184 Å². The fourth-order valence-electron chi connectivity index (χ4n) is 5.84. The van der Waals surface area contributed by atoms with Gasteiger partial charge in [0.25, 0.3) is 0 Å². The lowest BCUT2D eigenvalue weighted by atomic mass is 9.81. The fourth-order valence-corrected chi connectivity index (χ4v) is 5.84. The van der Waals surface area contributed by atoms with E-state index >= 15 is 4.39 Å². The number of rotatable bonds is 6. The molecular formula is C25H25F4NO2. The van der Waals surface area contributed by atoms with Gasteiger partial charge in [0.05, 0.1) is 6.61 Å². The third kappa shape index (κ3) is 3.65. The molecule has 1 heterocycles. The van der Waals surface area contributed by atoms with E-state index in [1.165, 1.54) is 0 Å². The van der Waals surface area contributed by atoms with Crippen LogP contribution in [0.4, 0.5) is 17.6 Å². The molecule has 5 rings (SSSR count). The van der Waals surface area contributed by atoms with Gasteiger partial charge in [0.1, 0.15) is 29.4 Å². The highest BCUT2D eigenvalue weighted by molar-refractivity contribution is 5.87. The van der Waals surface area contributed by atoms with E-state index in [-0.39, 0.29) is 52.2 Å². The SMILES string of the molecule is CN[C@@H]1[C@H](Cc2cc(F)cc(-c3cc(F)cc(F)c3)c2F)C(C(=O)[C@H]2CCO2)CC12CC2. The zero-order valence-corrected chi connectivity index (χ0v) is 17.8. The van der Waals surface area contributed by atoms with Gasteiger partial charge in [-0.05, 0) is 79.5 Å². The normalized spacial score (nSPS) is 28.0. The van der Waals surface area contributed by atoms with Crippen molar-refractivity contribution in [2.45, 2.75) is 44.2 Å². The maximum atomic E-state index is 15.5. The van der Waals surface area contributed by atoms with E-state index in [1.54, 1.807) is 0 Å². The van der Waals surface area contributed by atoms with Crippen LogP contribution in [0, 0.1) is 40.5 Å². The van der Waals surface area contributed by atoms with Crippen LogP contribution < -0.4 is 5.32 Å². The van der Waals surface area contributed by atoms with E-state index in [1.807, 2.05) is 7.05 Å². The Morgan fingerprint density at radius 1 is 1.06 bits per heavy atom. The van der Waals surface area contributed by atoms with Crippen molar-refractivity contribution in [2.75, 3.05) is 13.7 Å². The molecule has 3 aliphatic rings. The van der Waals surface area contributed by atoms with Gasteiger partial charge in [-0.2, -0.15) is 0 Å². The van der Waals surface area contributed by atoms with Gasteiger partial charge in [-0.25, -0.2) is 17.6 Å². The zero-order chi connectivity index (χ0) is 22.6. The molecule has 2 aliphatic carbocycles. The number of Topliss-reactive ketones (excluding diaryl/α,β-unsaturated/α-hetero) is 1. The van der Waals surface area contributed by atoms with E-state index in [0.717, 1.165) is 43.5 Å². The smallest absolute Gasteiger partial charge is 0.165 e. The van der Waals surface area contributed by atoms with Crippen molar-refractivity contribution in [1.29, 1.82) is 0 Å². The van der Waals surface area contributed by atoms with Gasteiger partial charge in [0.2, 0.25) is 0 Å². The Hall–Kier alpha value is -2.25.